The zero-order chi connectivity index (χ0) is 25.5. The lowest BCUT2D eigenvalue weighted by Gasteiger charge is -2.28. The van der Waals surface area contributed by atoms with E-state index in [9.17, 15) is 14.9 Å². The van der Waals surface area contributed by atoms with Crippen LogP contribution in [0, 0.1) is 18.3 Å². The van der Waals surface area contributed by atoms with Gasteiger partial charge in [-0.25, -0.2) is 0 Å². The Morgan fingerprint density at radius 3 is 2.53 bits per heavy atom. The minimum absolute atomic E-state index is 0.00322. The quantitative estimate of drug-likeness (QED) is 0.400. The van der Waals surface area contributed by atoms with E-state index in [1.807, 2.05) is 61.5 Å². The highest BCUT2D eigenvalue weighted by molar-refractivity contribution is 8.03. The average molecular weight is 500 g/mol. The fraction of sp³-hybridized carbons (Fsp3) is 0.179. The first-order valence-electron chi connectivity index (χ1n) is 11.3. The van der Waals surface area contributed by atoms with Crippen molar-refractivity contribution in [3.63, 3.8) is 0 Å². The first-order valence-corrected chi connectivity index (χ1v) is 12.3. The summed E-state index contributed by atoms with van der Waals surface area (Å²) in [6.07, 6.45) is 1.51. The van der Waals surface area contributed by atoms with Crippen molar-refractivity contribution in [2.24, 2.45) is 0 Å². The number of nitrogens with zero attached hydrogens (tertiary/aromatic N) is 1. The van der Waals surface area contributed by atoms with E-state index >= 15 is 0 Å². The summed E-state index contributed by atoms with van der Waals surface area (Å²) in [6.45, 7) is 3.85. The lowest BCUT2D eigenvalue weighted by Crippen LogP contribution is -2.31. The summed E-state index contributed by atoms with van der Waals surface area (Å²) in [6, 6.07) is 22.6. The van der Waals surface area contributed by atoms with E-state index in [2.05, 4.69) is 16.7 Å². The van der Waals surface area contributed by atoms with Gasteiger partial charge in [0.15, 0.2) is 0 Å². The van der Waals surface area contributed by atoms with Crippen LogP contribution in [0.3, 0.4) is 0 Å². The third kappa shape index (κ3) is 5.70. The number of aryl methyl sites for hydroxylation is 1. The third-order valence-corrected chi connectivity index (χ3v) is 6.68. The molecule has 0 aliphatic carbocycles. The smallest absolute Gasteiger partial charge is 0.316 e. The fourth-order valence-corrected chi connectivity index (χ4v) is 4.77. The monoisotopic (exact) mass is 499 g/mol. The van der Waals surface area contributed by atoms with Crippen LogP contribution in [0.15, 0.2) is 99.3 Å². The number of hydrogen-bond donors (Lipinski definition) is 2. The molecule has 4 rings (SSSR count). The number of nitrogens with one attached hydrogen (secondary N) is 2. The maximum Gasteiger partial charge on any atom is 0.316 e. The number of carbonyl (C=O) groups excluding carboxylic acids is 2. The highest BCUT2D eigenvalue weighted by Gasteiger charge is 2.36. The minimum Gasteiger partial charge on any atom is -0.468 e. The first kappa shape index (κ1) is 24.9. The third-order valence-electron chi connectivity index (χ3n) is 5.69. The summed E-state index contributed by atoms with van der Waals surface area (Å²) in [5.74, 6) is -1.00. The largest absolute Gasteiger partial charge is 0.468 e. The van der Waals surface area contributed by atoms with Crippen LogP contribution in [0.1, 0.15) is 29.7 Å². The number of rotatable bonds is 8. The van der Waals surface area contributed by atoms with Crippen molar-refractivity contribution in [1.29, 1.82) is 5.26 Å². The SMILES string of the molecule is CC1=C(C(=O)Nc2ccccc2C)C(c2ccco2)C(C#N)=C(SCC(=O)OCc2ccccc2)N1. The van der Waals surface area contributed by atoms with Gasteiger partial charge < -0.3 is 19.8 Å². The summed E-state index contributed by atoms with van der Waals surface area (Å²) >= 11 is 1.16. The lowest BCUT2D eigenvalue weighted by atomic mass is 9.85. The maximum absolute atomic E-state index is 13.4. The Balaban J connectivity index is 1.55. The number of anilines is 1. The molecule has 3 aromatic rings. The fourth-order valence-electron chi connectivity index (χ4n) is 3.88. The Morgan fingerprint density at radius 2 is 1.83 bits per heavy atom. The molecule has 2 aromatic carbocycles. The summed E-state index contributed by atoms with van der Waals surface area (Å²) in [5.41, 5.74) is 3.74. The van der Waals surface area contributed by atoms with Gasteiger partial charge in [-0.05, 0) is 43.2 Å². The van der Waals surface area contributed by atoms with Gasteiger partial charge in [-0.3, -0.25) is 9.59 Å². The molecule has 182 valence electrons. The molecule has 0 fully saturated rings. The Bertz CT molecular complexity index is 1350. The molecule has 36 heavy (non-hydrogen) atoms. The number of allylic oxidation sites excluding steroid dienone is 2. The van der Waals surface area contributed by atoms with Gasteiger partial charge in [0.2, 0.25) is 0 Å². The maximum atomic E-state index is 13.4. The summed E-state index contributed by atoms with van der Waals surface area (Å²) in [7, 11) is 0. The molecule has 0 bridgehead atoms. The Kier molecular flexibility index (Phi) is 7.93. The molecule has 1 atom stereocenters. The standard InChI is InChI=1S/C28H25N3O4S/c1-18-9-6-7-12-22(18)31-27(33)25-19(2)30-28(21(15-29)26(25)23-13-8-14-34-23)36-17-24(32)35-16-20-10-4-3-5-11-20/h3-14,26,30H,16-17H2,1-2H3,(H,31,33). The molecule has 7 nitrogen and oxygen atoms in total. The van der Waals surface area contributed by atoms with Gasteiger partial charge in [0.25, 0.3) is 5.91 Å². The van der Waals surface area contributed by atoms with E-state index in [1.54, 1.807) is 19.1 Å². The number of amides is 1. The molecule has 1 aliphatic rings. The van der Waals surface area contributed by atoms with Crippen molar-refractivity contribution >= 4 is 29.3 Å². The van der Waals surface area contributed by atoms with Crippen molar-refractivity contribution < 1.29 is 18.7 Å². The van der Waals surface area contributed by atoms with Gasteiger partial charge in [0, 0.05) is 11.4 Å². The molecule has 8 heteroatoms. The Labute approximate surface area is 213 Å². The van der Waals surface area contributed by atoms with Crippen LogP contribution in [-0.2, 0) is 20.9 Å². The predicted molar refractivity (Wildman–Crippen MR) is 138 cm³/mol. The van der Waals surface area contributed by atoms with E-state index in [0.717, 1.165) is 22.9 Å². The second-order valence-electron chi connectivity index (χ2n) is 8.17. The lowest BCUT2D eigenvalue weighted by molar-refractivity contribution is -0.141. The van der Waals surface area contributed by atoms with Crippen LogP contribution in [0.25, 0.3) is 0 Å². The zero-order valence-electron chi connectivity index (χ0n) is 19.9. The van der Waals surface area contributed by atoms with Crippen molar-refractivity contribution in [3.05, 3.63) is 112 Å². The molecule has 2 heterocycles. The number of dihydropyridines is 1. The predicted octanol–water partition coefficient (Wildman–Crippen LogP) is 5.40. The highest BCUT2D eigenvalue weighted by Crippen LogP contribution is 2.41. The Hall–Kier alpha value is -4.22. The molecule has 0 spiro atoms. The van der Waals surface area contributed by atoms with Crippen LogP contribution in [0.5, 0.6) is 0 Å². The molecule has 0 saturated carbocycles. The molecule has 2 N–H and O–H groups in total. The van der Waals surface area contributed by atoms with Gasteiger partial charge in [0.1, 0.15) is 12.4 Å². The van der Waals surface area contributed by atoms with E-state index in [1.165, 1.54) is 6.26 Å². The van der Waals surface area contributed by atoms with E-state index in [-0.39, 0.29) is 18.3 Å². The summed E-state index contributed by atoms with van der Waals surface area (Å²) in [4.78, 5) is 25.8. The number of esters is 1. The first-order chi connectivity index (χ1) is 17.5. The van der Waals surface area contributed by atoms with Crippen LogP contribution in [-0.4, -0.2) is 17.6 Å². The number of thioether (sulfide) groups is 1. The average Bonchev–Trinajstić information content (AvgIpc) is 3.42. The second kappa shape index (κ2) is 11.5. The number of hydrogen-bond acceptors (Lipinski definition) is 7. The number of ether oxygens (including phenoxy) is 1. The number of para-hydroxylation sites is 1. The topological polar surface area (TPSA) is 104 Å². The van der Waals surface area contributed by atoms with Gasteiger partial charge in [-0.1, -0.05) is 60.3 Å². The van der Waals surface area contributed by atoms with Crippen LogP contribution < -0.4 is 10.6 Å². The Morgan fingerprint density at radius 1 is 1.08 bits per heavy atom. The molecule has 0 saturated heterocycles. The van der Waals surface area contributed by atoms with E-state index in [4.69, 9.17) is 9.15 Å². The van der Waals surface area contributed by atoms with E-state index in [0.29, 0.717) is 33.3 Å². The molecule has 1 amide bonds. The van der Waals surface area contributed by atoms with Gasteiger partial charge >= 0.3 is 5.97 Å². The van der Waals surface area contributed by atoms with Gasteiger partial charge in [0.05, 0.1) is 40.2 Å². The molecule has 0 radical (unpaired) electrons. The molecule has 1 unspecified atom stereocenters. The summed E-state index contributed by atoms with van der Waals surface area (Å²) in [5, 5.41) is 16.7. The van der Waals surface area contributed by atoms with Crippen molar-refractivity contribution in [3.8, 4) is 6.07 Å². The van der Waals surface area contributed by atoms with Gasteiger partial charge in [-0.2, -0.15) is 5.26 Å². The van der Waals surface area contributed by atoms with Crippen LogP contribution in [0.2, 0.25) is 0 Å². The number of nitriles is 1. The number of benzene rings is 2. The van der Waals surface area contributed by atoms with Crippen molar-refractivity contribution in [2.75, 3.05) is 11.1 Å². The van der Waals surface area contributed by atoms with Crippen LogP contribution >= 0.6 is 11.8 Å². The normalized spacial score (nSPS) is 15.2. The molecular formula is C28H25N3O4S. The van der Waals surface area contributed by atoms with Crippen molar-refractivity contribution in [2.45, 2.75) is 26.4 Å². The molecular weight excluding hydrogens is 474 g/mol. The second-order valence-corrected chi connectivity index (χ2v) is 9.16. The highest BCUT2D eigenvalue weighted by atomic mass is 32.2. The number of furan rings is 1. The van der Waals surface area contributed by atoms with Crippen molar-refractivity contribution in [1.82, 2.24) is 5.32 Å². The summed E-state index contributed by atoms with van der Waals surface area (Å²) < 4.78 is 11.0. The minimum atomic E-state index is -0.724. The van der Waals surface area contributed by atoms with E-state index < -0.39 is 11.9 Å². The number of carbonyl (C=O) groups is 2. The molecule has 1 aliphatic heterocycles. The molecule has 1 aromatic heterocycles. The van der Waals surface area contributed by atoms with Gasteiger partial charge in [-0.15, -0.1) is 0 Å². The van der Waals surface area contributed by atoms with Crippen LogP contribution in [0.4, 0.5) is 5.69 Å². The zero-order valence-corrected chi connectivity index (χ0v) is 20.7.